The zero-order chi connectivity index (χ0) is 14.0. The molecule has 0 aliphatic carbocycles. The number of hydrogen-bond donors (Lipinski definition) is 0. The highest BCUT2D eigenvalue weighted by atomic mass is 16.2. The molecule has 0 rings (SSSR count). The van der Waals surface area contributed by atoms with Crippen molar-refractivity contribution in [3.63, 3.8) is 0 Å². The molecule has 0 aliphatic rings. The molecule has 1 radical (unpaired) electrons. The average molecular weight is 261 g/mol. The van der Waals surface area contributed by atoms with E-state index in [0.29, 0.717) is 0 Å². The molecule has 0 aromatic heterocycles. The predicted molar refractivity (Wildman–Crippen MR) is 84.7 cm³/mol. The van der Waals surface area contributed by atoms with Gasteiger partial charge >= 0.3 is 0 Å². The lowest BCUT2D eigenvalue weighted by atomic mass is 10.1. The van der Waals surface area contributed by atoms with Gasteiger partial charge in [0.15, 0.2) is 0 Å². The van der Waals surface area contributed by atoms with E-state index in [1.807, 2.05) is 6.08 Å². The third-order valence-corrected chi connectivity index (χ3v) is 2.83. The van der Waals surface area contributed by atoms with Crippen LogP contribution in [0.4, 0.5) is 0 Å². The first-order valence-corrected chi connectivity index (χ1v) is 7.65. The molecule has 0 spiro atoms. The fourth-order valence-corrected chi connectivity index (χ4v) is 1.72. The molecule has 0 N–H and O–H groups in total. The van der Waals surface area contributed by atoms with Crippen LogP contribution in [0, 0.1) is 0 Å². The molecule has 0 saturated carbocycles. The van der Waals surface area contributed by atoms with Gasteiger partial charge in [-0.3, -0.25) is 0 Å². The van der Waals surface area contributed by atoms with Gasteiger partial charge in [-0.25, -0.2) is 5.11 Å². The molecule has 107 valence electrons. The average Bonchev–Trinajstić information content (AvgIpc) is 2.43. The molecular formula is C18H29O. The maximum atomic E-state index is 10.2. The van der Waals surface area contributed by atoms with Crippen LogP contribution >= 0.6 is 0 Å². The van der Waals surface area contributed by atoms with Crippen LogP contribution in [0.2, 0.25) is 0 Å². The van der Waals surface area contributed by atoms with Gasteiger partial charge in [-0.15, -0.1) is 0 Å². The Kier molecular flexibility index (Phi) is 16.0. The predicted octanol–water partition coefficient (Wildman–Crippen LogP) is 5.78. The van der Waals surface area contributed by atoms with Gasteiger partial charge in [0.1, 0.15) is 0 Å². The van der Waals surface area contributed by atoms with Gasteiger partial charge in [0.25, 0.3) is 0 Å². The van der Waals surface area contributed by atoms with Crippen LogP contribution in [0.1, 0.15) is 58.3 Å². The molecule has 1 heteroatoms. The van der Waals surface area contributed by atoms with Crippen molar-refractivity contribution in [2.75, 3.05) is 6.61 Å². The van der Waals surface area contributed by atoms with Crippen molar-refractivity contribution < 1.29 is 5.11 Å². The highest BCUT2D eigenvalue weighted by Crippen LogP contribution is 2.07. The largest absolute Gasteiger partial charge is 0.237 e. The van der Waals surface area contributed by atoms with E-state index in [1.54, 1.807) is 0 Å². The summed E-state index contributed by atoms with van der Waals surface area (Å²) in [6.45, 7) is 2.23. The summed E-state index contributed by atoms with van der Waals surface area (Å²) in [5.74, 6) is 0. The maximum Gasteiger partial charge on any atom is 0.0822 e. The summed E-state index contributed by atoms with van der Waals surface area (Å²) >= 11 is 0. The minimum absolute atomic E-state index is 0.0950. The van der Waals surface area contributed by atoms with Gasteiger partial charge in [-0.2, -0.15) is 0 Å². The number of rotatable bonds is 12. The van der Waals surface area contributed by atoms with Gasteiger partial charge in [-0.1, -0.05) is 81.2 Å². The van der Waals surface area contributed by atoms with Crippen molar-refractivity contribution in [3.8, 4) is 0 Å². The minimum Gasteiger partial charge on any atom is -0.237 e. The fourth-order valence-electron chi connectivity index (χ4n) is 1.72. The first-order chi connectivity index (χ1) is 9.41. The van der Waals surface area contributed by atoms with Crippen molar-refractivity contribution in [1.29, 1.82) is 0 Å². The van der Waals surface area contributed by atoms with Gasteiger partial charge in [0.2, 0.25) is 0 Å². The second kappa shape index (κ2) is 16.9. The SMILES string of the molecule is CCC=CC=CC=CC=CCCCCCCCC[O]. The highest BCUT2D eigenvalue weighted by Gasteiger charge is 1.89. The fraction of sp³-hybridized carbons (Fsp3) is 0.556. The van der Waals surface area contributed by atoms with E-state index in [1.165, 1.54) is 25.7 Å². The molecule has 0 aliphatic heterocycles. The second-order valence-electron chi connectivity index (χ2n) is 4.65. The molecular weight excluding hydrogens is 232 g/mol. The van der Waals surface area contributed by atoms with Crippen molar-refractivity contribution in [2.45, 2.75) is 58.3 Å². The van der Waals surface area contributed by atoms with Crippen LogP contribution in [0.5, 0.6) is 0 Å². The number of hydrogen-bond acceptors (Lipinski definition) is 0. The van der Waals surface area contributed by atoms with E-state index in [4.69, 9.17) is 0 Å². The molecule has 0 fully saturated rings. The lowest BCUT2D eigenvalue weighted by Crippen LogP contribution is -1.82. The number of allylic oxidation sites excluding steroid dienone is 8. The Labute approximate surface area is 119 Å². The maximum absolute atomic E-state index is 10.2. The summed E-state index contributed by atoms with van der Waals surface area (Å²) < 4.78 is 0. The molecule has 1 nitrogen and oxygen atoms in total. The smallest absolute Gasteiger partial charge is 0.0822 e. The second-order valence-corrected chi connectivity index (χ2v) is 4.65. The van der Waals surface area contributed by atoms with Crippen LogP contribution in [0.25, 0.3) is 0 Å². The molecule has 0 bridgehead atoms. The molecule has 0 aromatic rings. The molecule has 0 saturated heterocycles. The lowest BCUT2D eigenvalue weighted by molar-refractivity contribution is 0.186. The minimum atomic E-state index is 0.0950. The summed E-state index contributed by atoms with van der Waals surface area (Å²) in [5.41, 5.74) is 0. The Hall–Kier alpha value is -1.08. The summed E-state index contributed by atoms with van der Waals surface area (Å²) in [7, 11) is 0. The number of unbranched alkanes of at least 4 members (excludes halogenated alkanes) is 6. The van der Waals surface area contributed by atoms with Gasteiger partial charge in [0.05, 0.1) is 6.61 Å². The summed E-state index contributed by atoms with van der Waals surface area (Å²) in [6.07, 6.45) is 26.0. The topological polar surface area (TPSA) is 19.9 Å². The van der Waals surface area contributed by atoms with Crippen molar-refractivity contribution in [2.24, 2.45) is 0 Å². The highest BCUT2D eigenvalue weighted by molar-refractivity contribution is 5.15. The lowest BCUT2D eigenvalue weighted by Gasteiger charge is -1.97. The Morgan fingerprint density at radius 2 is 1.16 bits per heavy atom. The zero-order valence-electron chi connectivity index (χ0n) is 12.4. The monoisotopic (exact) mass is 261 g/mol. The van der Waals surface area contributed by atoms with Gasteiger partial charge < -0.3 is 0 Å². The first kappa shape index (κ1) is 17.9. The van der Waals surface area contributed by atoms with Crippen LogP contribution in [-0.2, 0) is 5.11 Å². The molecule has 19 heavy (non-hydrogen) atoms. The molecule has 0 amide bonds. The summed E-state index contributed by atoms with van der Waals surface area (Å²) in [6, 6.07) is 0. The van der Waals surface area contributed by atoms with E-state index in [2.05, 4.69) is 49.5 Å². The standard InChI is InChI=1S/C18H29O/c1-2-3-4-5-6-7-8-9-10-11-12-13-14-15-16-17-18-19/h3-10H,2,11-18H2,1H3. The Morgan fingerprint density at radius 3 is 1.79 bits per heavy atom. The van der Waals surface area contributed by atoms with E-state index in [-0.39, 0.29) is 6.61 Å². The van der Waals surface area contributed by atoms with Crippen molar-refractivity contribution in [3.05, 3.63) is 48.6 Å². The quantitative estimate of drug-likeness (QED) is 0.313. The van der Waals surface area contributed by atoms with Gasteiger partial charge in [-0.05, 0) is 25.7 Å². The third kappa shape index (κ3) is 16.9. The van der Waals surface area contributed by atoms with E-state index < -0.39 is 0 Å². The first-order valence-electron chi connectivity index (χ1n) is 7.65. The summed E-state index contributed by atoms with van der Waals surface area (Å²) in [5, 5.41) is 10.2. The van der Waals surface area contributed by atoms with E-state index >= 15 is 0 Å². The third-order valence-electron chi connectivity index (χ3n) is 2.83. The molecule has 0 atom stereocenters. The normalized spacial score (nSPS) is 12.7. The molecule has 0 heterocycles. The van der Waals surface area contributed by atoms with Crippen LogP contribution in [-0.4, -0.2) is 6.61 Å². The van der Waals surface area contributed by atoms with Crippen LogP contribution < -0.4 is 0 Å². The summed E-state index contributed by atoms with van der Waals surface area (Å²) in [4.78, 5) is 0. The van der Waals surface area contributed by atoms with E-state index in [9.17, 15) is 5.11 Å². The van der Waals surface area contributed by atoms with Crippen molar-refractivity contribution >= 4 is 0 Å². The Balaban J connectivity index is 3.31. The van der Waals surface area contributed by atoms with Gasteiger partial charge in [0, 0.05) is 0 Å². The zero-order valence-corrected chi connectivity index (χ0v) is 12.4. The van der Waals surface area contributed by atoms with E-state index in [0.717, 1.165) is 25.7 Å². The molecule has 0 unspecified atom stereocenters. The van der Waals surface area contributed by atoms with Crippen LogP contribution in [0.3, 0.4) is 0 Å². The van der Waals surface area contributed by atoms with Crippen molar-refractivity contribution in [1.82, 2.24) is 0 Å². The Morgan fingerprint density at radius 1 is 0.632 bits per heavy atom. The van der Waals surface area contributed by atoms with Crippen LogP contribution in [0.15, 0.2) is 48.6 Å². The Bertz CT molecular complexity index is 271. The molecule has 0 aromatic carbocycles.